The van der Waals surface area contributed by atoms with E-state index in [2.05, 4.69) is 0 Å². The predicted molar refractivity (Wildman–Crippen MR) is 68.2 cm³/mol. The lowest BCUT2D eigenvalue weighted by Crippen LogP contribution is 0.143. The van der Waals surface area contributed by atoms with Crippen LogP contribution in [0.4, 0.5) is 0 Å². The van der Waals surface area contributed by atoms with Crippen LogP contribution in [-0.4, -0.2) is 0 Å². The van der Waals surface area contributed by atoms with E-state index in [1.807, 2.05) is 0 Å². The van der Waals surface area contributed by atoms with Crippen LogP contribution in [-0.2, 0) is 0 Å². The van der Waals surface area contributed by atoms with E-state index in [0.717, 1.165) is 0 Å². The van der Waals surface area contributed by atoms with Gasteiger partial charge in [0.25, 0.3) is 0 Å². The molecule has 0 heterocycles. The second kappa shape index (κ2) is 152. The zero-order valence-corrected chi connectivity index (χ0v) is 8.49. The molecule has 0 aromatic heterocycles. The SMILES string of the molecule is Br.Br.Br.Br.C.C.C.C. The molecule has 0 aliphatic carbocycles. The van der Waals surface area contributed by atoms with Crippen LogP contribution < -0.4 is 0 Å². The summed E-state index contributed by atoms with van der Waals surface area (Å²) in [4.78, 5) is 0. The maximum atomic E-state index is 0. The van der Waals surface area contributed by atoms with Crippen molar-refractivity contribution < 1.29 is 0 Å². The molecule has 0 bridgehead atoms. The molecule has 0 nitrogen and oxygen atoms in total. The van der Waals surface area contributed by atoms with E-state index in [4.69, 9.17) is 0 Å². The Balaban J connectivity index is 0. The Bertz CT molecular complexity index is 8.00. The normalized spacial score (nSPS) is 0. The van der Waals surface area contributed by atoms with Crippen LogP contribution in [0.25, 0.3) is 0 Å². The van der Waals surface area contributed by atoms with Gasteiger partial charge in [0.1, 0.15) is 0 Å². The van der Waals surface area contributed by atoms with Gasteiger partial charge in [0.15, 0.2) is 0 Å². The fraction of sp³-hybridized carbons (Fsp3) is 1.00. The molecule has 0 unspecified atom stereocenters. The van der Waals surface area contributed by atoms with E-state index in [9.17, 15) is 0 Å². The molecule has 0 aliphatic heterocycles. The van der Waals surface area contributed by atoms with Gasteiger partial charge in [-0.1, -0.05) is 29.7 Å². The fourth-order valence-corrected chi connectivity index (χ4v) is 0. The molecule has 0 aromatic rings. The monoisotopic (exact) mass is 384 g/mol. The molecule has 0 atom stereocenters. The van der Waals surface area contributed by atoms with Crippen LogP contribution in [0.5, 0.6) is 0 Å². The average Bonchev–Trinajstić information content (AvgIpc) is 0. The topological polar surface area (TPSA) is 0 Å². The fourth-order valence-electron chi connectivity index (χ4n) is 0. The van der Waals surface area contributed by atoms with E-state index >= 15 is 0 Å². The lowest BCUT2D eigenvalue weighted by Gasteiger charge is -0.115. The van der Waals surface area contributed by atoms with E-state index in [0.29, 0.717) is 0 Å². The molecule has 0 aromatic carbocycles. The highest BCUT2D eigenvalue weighted by atomic mass is 79.9. The summed E-state index contributed by atoms with van der Waals surface area (Å²) in [6.07, 6.45) is 0. The Morgan fingerprint density at radius 1 is 0.250 bits per heavy atom. The van der Waals surface area contributed by atoms with Crippen molar-refractivity contribution in [3.05, 3.63) is 0 Å². The maximum absolute atomic E-state index is 0. The molecule has 0 fully saturated rings. The Kier molecular flexibility index (Phi) is 4060. The second-order valence-corrected chi connectivity index (χ2v) is 0. The lowest BCUT2D eigenvalue weighted by atomic mass is 12.0. The van der Waals surface area contributed by atoms with Gasteiger partial charge in [-0.15, -0.1) is 67.9 Å². The van der Waals surface area contributed by atoms with Crippen molar-refractivity contribution in [2.24, 2.45) is 0 Å². The Labute approximate surface area is 96.9 Å². The van der Waals surface area contributed by atoms with E-state index in [1.54, 1.807) is 0 Å². The summed E-state index contributed by atoms with van der Waals surface area (Å²) in [6.45, 7) is 0. The van der Waals surface area contributed by atoms with Gasteiger partial charge < -0.3 is 0 Å². The summed E-state index contributed by atoms with van der Waals surface area (Å²) in [5.41, 5.74) is 0. The molecular weight excluding hydrogens is 368 g/mol. The molecule has 0 saturated carbocycles. The quantitative estimate of drug-likeness (QED) is 0.557. The summed E-state index contributed by atoms with van der Waals surface area (Å²) < 4.78 is 0. The van der Waals surface area contributed by atoms with Crippen LogP contribution in [0.2, 0.25) is 0 Å². The summed E-state index contributed by atoms with van der Waals surface area (Å²) in [7, 11) is 0. The summed E-state index contributed by atoms with van der Waals surface area (Å²) in [6, 6.07) is 0. The zero-order chi connectivity index (χ0) is 0. The van der Waals surface area contributed by atoms with Crippen LogP contribution in [0.3, 0.4) is 0 Å². The second-order valence-electron chi connectivity index (χ2n) is 0. The van der Waals surface area contributed by atoms with Gasteiger partial charge in [0.2, 0.25) is 0 Å². The lowest BCUT2D eigenvalue weighted by molar-refractivity contribution is 2.50. The van der Waals surface area contributed by atoms with Crippen molar-refractivity contribution in [2.75, 3.05) is 0 Å². The van der Waals surface area contributed by atoms with Gasteiger partial charge >= 0.3 is 0 Å². The Morgan fingerprint density at radius 2 is 0.250 bits per heavy atom. The smallest absolute Gasteiger partial charge is 0.0776 e. The minimum Gasteiger partial charge on any atom is -0.114 e. The third-order valence-corrected chi connectivity index (χ3v) is 0. The van der Waals surface area contributed by atoms with Crippen LogP contribution in [0.1, 0.15) is 29.7 Å². The molecule has 0 spiro atoms. The zero-order valence-electron chi connectivity index (χ0n) is 1.63. The van der Waals surface area contributed by atoms with Crippen molar-refractivity contribution in [1.29, 1.82) is 0 Å². The van der Waals surface area contributed by atoms with Crippen molar-refractivity contribution in [1.82, 2.24) is 0 Å². The third-order valence-electron chi connectivity index (χ3n) is 0. The van der Waals surface area contributed by atoms with Gasteiger partial charge in [-0.25, -0.2) is 0 Å². The van der Waals surface area contributed by atoms with Crippen molar-refractivity contribution >= 4 is 67.9 Å². The number of hydrogen-bond acceptors (Lipinski definition) is 0. The highest BCUT2D eigenvalue weighted by Crippen LogP contribution is 0.849. The molecule has 0 rings (SSSR count). The number of rotatable bonds is 0. The molecule has 4 heteroatoms. The van der Waals surface area contributed by atoms with Gasteiger partial charge in [0.05, 0.1) is 0 Å². The molecular formula is C4H20Br4. The first-order valence-electron chi connectivity index (χ1n) is 0. The van der Waals surface area contributed by atoms with Gasteiger partial charge in [-0.05, 0) is 0 Å². The van der Waals surface area contributed by atoms with Gasteiger partial charge in [-0.2, -0.15) is 0 Å². The molecule has 0 saturated heterocycles. The van der Waals surface area contributed by atoms with Crippen LogP contribution in [0.15, 0.2) is 0 Å². The highest BCUT2D eigenvalue weighted by Gasteiger charge is -0.0741. The third kappa shape index (κ3) is 103. The maximum Gasteiger partial charge on any atom is -0.0776 e. The van der Waals surface area contributed by atoms with Crippen LogP contribution >= 0.6 is 67.9 Å². The summed E-state index contributed by atoms with van der Waals surface area (Å²) in [5, 5.41) is 0. The number of hydrogen-bond donors (Lipinski definition) is 0. The minimum atomic E-state index is 0. The first-order valence-corrected chi connectivity index (χ1v) is 0. The minimum absolute atomic E-state index is 0. The van der Waals surface area contributed by atoms with Gasteiger partial charge in [0, 0.05) is 0 Å². The molecule has 0 N–H and O–H groups in total. The van der Waals surface area contributed by atoms with Crippen molar-refractivity contribution in [3.63, 3.8) is 0 Å². The molecule has 0 amide bonds. The first-order chi connectivity index (χ1) is 0. The largest absolute Gasteiger partial charge is 0.114 e. The van der Waals surface area contributed by atoms with Crippen molar-refractivity contribution in [3.8, 4) is 0 Å². The predicted octanol–water partition coefficient (Wildman–Crippen LogP) is 4.86. The molecule has 8 heavy (non-hydrogen) atoms. The molecule has 64 valence electrons. The van der Waals surface area contributed by atoms with E-state index in [1.165, 1.54) is 0 Å². The number of halogens is 4. The Morgan fingerprint density at radius 3 is 0.250 bits per heavy atom. The van der Waals surface area contributed by atoms with Crippen molar-refractivity contribution in [2.45, 2.75) is 29.7 Å². The van der Waals surface area contributed by atoms with Crippen LogP contribution in [0, 0.1) is 0 Å². The van der Waals surface area contributed by atoms with Gasteiger partial charge in [-0.3, -0.25) is 0 Å². The highest BCUT2D eigenvalue weighted by molar-refractivity contribution is 8.93. The summed E-state index contributed by atoms with van der Waals surface area (Å²) in [5.74, 6) is 0. The first kappa shape index (κ1) is 214. The van der Waals surface area contributed by atoms with E-state index < -0.39 is 0 Å². The average molecular weight is 388 g/mol. The van der Waals surface area contributed by atoms with E-state index in [-0.39, 0.29) is 97.6 Å². The Hall–Kier alpha value is 1.92. The summed E-state index contributed by atoms with van der Waals surface area (Å²) >= 11 is 0. The molecule has 0 aliphatic rings. The standard InChI is InChI=1S/4CH4.4BrH/h4*1H4;4*1H. The molecule has 0 radical (unpaired) electrons.